The Morgan fingerprint density at radius 1 is 1.29 bits per heavy atom. The fourth-order valence-electron chi connectivity index (χ4n) is 1.68. The summed E-state index contributed by atoms with van der Waals surface area (Å²) in [6.45, 7) is 2.04. The number of ether oxygens (including phenoxy) is 3. The maximum absolute atomic E-state index is 5.79. The molecular formula is C12H17NO3S. The van der Waals surface area contributed by atoms with E-state index in [0.717, 1.165) is 16.4 Å². The molecule has 1 aliphatic heterocycles. The number of rotatable bonds is 5. The first-order valence-electron chi connectivity index (χ1n) is 5.42. The molecule has 0 atom stereocenters. The highest BCUT2D eigenvalue weighted by molar-refractivity contribution is 8.00. The summed E-state index contributed by atoms with van der Waals surface area (Å²) in [5, 5.41) is 0. The zero-order valence-corrected chi connectivity index (χ0v) is 10.9. The summed E-state index contributed by atoms with van der Waals surface area (Å²) in [6, 6.07) is 5.89. The van der Waals surface area contributed by atoms with Crippen LogP contribution in [0.5, 0.6) is 11.5 Å². The summed E-state index contributed by atoms with van der Waals surface area (Å²) in [4.78, 5) is 1.12. The van der Waals surface area contributed by atoms with Crippen LogP contribution < -0.4 is 15.2 Å². The molecule has 2 rings (SSSR count). The van der Waals surface area contributed by atoms with Crippen LogP contribution in [0.25, 0.3) is 0 Å². The number of methoxy groups -OCH3 is 2. The van der Waals surface area contributed by atoms with Crippen molar-refractivity contribution >= 4 is 11.8 Å². The largest absolute Gasteiger partial charge is 0.493 e. The van der Waals surface area contributed by atoms with Crippen LogP contribution in [-0.4, -0.2) is 38.7 Å². The quantitative estimate of drug-likeness (QED) is 0.864. The topological polar surface area (TPSA) is 53.7 Å². The van der Waals surface area contributed by atoms with E-state index in [0.29, 0.717) is 19.8 Å². The van der Waals surface area contributed by atoms with Gasteiger partial charge in [-0.1, -0.05) is 0 Å². The Morgan fingerprint density at radius 2 is 2.00 bits per heavy atom. The second kappa shape index (κ2) is 5.16. The lowest BCUT2D eigenvalue weighted by molar-refractivity contribution is -0.00434. The third-order valence-electron chi connectivity index (χ3n) is 2.79. The second-order valence-electron chi connectivity index (χ2n) is 4.00. The maximum atomic E-state index is 5.79. The Balaban J connectivity index is 2.16. The van der Waals surface area contributed by atoms with Crippen LogP contribution >= 0.6 is 11.8 Å². The molecule has 0 aliphatic carbocycles. The Hall–Kier alpha value is -0.910. The van der Waals surface area contributed by atoms with Crippen LogP contribution in [0.3, 0.4) is 0 Å². The molecule has 1 aromatic carbocycles. The van der Waals surface area contributed by atoms with Crippen molar-refractivity contribution in [2.45, 2.75) is 9.64 Å². The highest BCUT2D eigenvalue weighted by atomic mass is 32.2. The van der Waals surface area contributed by atoms with Crippen LogP contribution in [0.4, 0.5) is 0 Å². The van der Waals surface area contributed by atoms with Crippen molar-refractivity contribution in [3.63, 3.8) is 0 Å². The summed E-state index contributed by atoms with van der Waals surface area (Å²) >= 11 is 1.74. The van der Waals surface area contributed by atoms with Crippen molar-refractivity contribution in [1.82, 2.24) is 0 Å². The predicted molar refractivity (Wildman–Crippen MR) is 68.0 cm³/mol. The molecule has 0 radical (unpaired) electrons. The van der Waals surface area contributed by atoms with Crippen LogP contribution in [-0.2, 0) is 4.74 Å². The van der Waals surface area contributed by atoms with Gasteiger partial charge in [0.1, 0.15) is 0 Å². The van der Waals surface area contributed by atoms with Crippen molar-refractivity contribution in [2.24, 2.45) is 5.73 Å². The molecule has 1 fully saturated rings. The number of hydrogen-bond donors (Lipinski definition) is 1. The van der Waals surface area contributed by atoms with Gasteiger partial charge in [-0.2, -0.15) is 0 Å². The lowest BCUT2D eigenvalue weighted by Gasteiger charge is -2.39. The Morgan fingerprint density at radius 3 is 2.47 bits per heavy atom. The van der Waals surface area contributed by atoms with E-state index >= 15 is 0 Å². The molecule has 2 N–H and O–H groups in total. The van der Waals surface area contributed by atoms with Crippen molar-refractivity contribution in [3.05, 3.63) is 18.2 Å². The minimum atomic E-state index is 0.0274. The maximum Gasteiger partial charge on any atom is 0.161 e. The van der Waals surface area contributed by atoms with Gasteiger partial charge < -0.3 is 19.9 Å². The van der Waals surface area contributed by atoms with Crippen molar-refractivity contribution in [3.8, 4) is 11.5 Å². The summed E-state index contributed by atoms with van der Waals surface area (Å²) in [5.41, 5.74) is 5.79. The highest BCUT2D eigenvalue weighted by Crippen LogP contribution is 2.40. The average molecular weight is 255 g/mol. The van der Waals surface area contributed by atoms with Gasteiger partial charge in [0.15, 0.2) is 11.5 Å². The van der Waals surface area contributed by atoms with Gasteiger partial charge in [-0.3, -0.25) is 0 Å². The molecule has 0 amide bonds. The lowest BCUT2D eigenvalue weighted by atomic mass is 10.1. The first-order chi connectivity index (χ1) is 8.23. The molecule has 0 unspecified atom stereocenters. The SMILES string of the molecule is COc1ccc(SC2(CN)COC2)cc1OC. The molecule has 0 bridgehead atoms. The summed E-state index contributed by atoms with van der Waals surface area (Å²) in [5.74, 6) is 1.48. The van der Waals surface area contributed by atoms with E-state index < -0.39 is 0 Å². The van der Waals surface area contributed by atoms with Crippen LogP contribution in [0, 0.1) is 0 Å². The molecule has 5 heteroatoms. The first-order valence-corrected chi connectivity index (χ1v) is 6.23. The number of hydrogen-bond acceptors (Lipinski definition) is 5. The van der Waals surface area contributed by atoms with Gasteiger partial charge in [0, 0.05) is 11.4 Å². The minimum Gasteiger partial charge on any atom is -0.493 e. The fraction of sp³-hybridized carbons (Fsp3) is 0.500. The van der Waals surface area contributed by atoms with Crippen LogP contribution in [0.2, 0.25) is 0 Å². The summed E-state index contributed by atoms with van der Waals surface area (Å²) in [7, 11) is 3.27. The lowest BCUT2D eigenvalue weighted by Crippen LogP contribution is -2.52. The van der Waals surface area contributed by atoms with Gasteiger partial charge in [-0.25, -0.2) is 0 Å². The monoisotopic (exact) mass is 255 g/mol. The van der Waals surface area contributed by atoms with Crippen LogP contribution in [0.15, 0.2) is 23.1 Å². The second-order valence-corrected chi connectivity index (χ2v) is 5.54. The highest BCUT2D eigenvalue weighted by Gasteiger charge is 2.38. The van der Waals surface area contributed by atoms with Gasteiger partial charge in [0.05, 0.1) is 32.2 Å². The number of thioether (sulfide) groups is 1. The van der Waals surface area contributed by atoms with Crippen molar-refractivity contribution in [2.75, 3.05) is 34.0 Å². The standard InChI is InChI=1S/C12H17NO3S/c1-14-10-4-3-9(5-11(10)15-2)17-12(6-13)7-16-8-12/h3-5H,6-8,13H2,1-2H3. The number of nitrogens with two attached hydrogens (primary N) is 1. The van der Waals surface area contributed by atoms with Gasteiger partial charge in [-0.15, -0.1) is 11.8 Å². The van der Waals surface area contributed by atoms with Gasteiger partial charge in [-0.05, 0) is 18.2 Å². The van der Waals surface area contributed by atoms with Gasteiger partial charge in [0.2, 0.25) is 0 Å². The molecule has 0 aromatic heterocycles. The number of benzene rings is 1. The third-order valence-corrected chi connectivity index (χ3v) is 4.12. The predicted octanol–water partition coefficient (Wildman–Crippen LogP) is 1.52. The smallest absolute Gasteiger partial charge is 0.161 e. The Bertz CT molecular complexity index is 388. The summed E-state index contributed by atoms with van der Waals surface area (Å²) in [6.07, 6.45) is 0. The van der Waals surface area contributed by atoms with Crippen molar-refractivity contribution in [1.29, 1.82) is 0 Å². The summed E-state index contributed by atoms with van der Waals surface area (Å²) < 4.78 is 15.8. The minimum absolute atomic E-state index is 0.0274. The molecule has 1 aromatic rings. The van der Waals surface area contributed by atoms with E-state index in [2.05, 4.69) is 0 Å². The molecule has 17 heavy (non-hydrogen) atoms. The molecule has 1 heterocycles. The zero-order chi connectivity index (χ0) is 12.3. The van der Waals surface area contributed by atoms with Gasteiger partial charge in [0.25, 0.3) is 0 Å². The van der Waals surface area contributed by atoms with E-state index in [-0.39, 0.29) is 4.75 Å². The van der Waals surface area contributed by atoms with Gasteiger partial charge >= 0.3 is 0 Å². The molecule has 94 valence electrons. The van der Waals surface area contributed by atoms with E-state index in [1.54, 1.807) is 26.0 Å². The fourth-order valence-corrected chi connectivity index (χ4v) is 2.85. The average Bonchev–Trinajstić information content (AvgIpc) is 2.33. The zero-order valence-electron chi connectivity index (χ0n) is 10.1. The Kier molecular flexibility index (Phi) is 3.81. The molecular weight excluding hydrogens is 238 g/mol. The molecule has 1 aliphatic rings. The Labute approximate surface area is 105 Å². The molecule has 1 saturated heterocycles. The van der Waals surface area contributed by atoms with E-state index in [9.17, 15) is 0 Å². The molecule has 0 saturated carbocycles. The molecule has 4 nitrogen and oxygen atoms in total. The van der Waals surface area contributed by atoms with E-state index in [1.807, 2.05) is 18.2 Å². The van der Waals surface area contributed by atoms with Crippen molar-refractivity contribution < 1.29 is 14.2 Å². The molecule has 0 spiro atoms. The normalized spacial score (nSPS) is 17.4. The first kappa shape index (κ1) is 12.5. The van der Waals surface area contributed by atoms with E-state index in [1.165, 1.54) is 0 Å². The third kappa shape index (κ3) is 2.51. The van der Waals surface area contributed by atoms with Crippen LogP contribution in [0.1, 0.15) is 0 Å². The van der Waals surface area contributed by atoms with E-state index in [4.69, 9.17) is 19.9 Å².